The summed E-state index contributed by atoms with van der Waals surface area (Å²) in [4.78, 5) is 31.2. The van der Waals surface area contributed by atoms with Crippen LogP contribution in [0, 0.1) is 0 Å². The van der Waals surface area contributed by atoms with Crippen molar-refractivity contribution in [1.29, 1.82) is 0 Å². The standard InChI is InChI=1S/C20H20N6O5S/c1-21-18(28)23-19-22-13-7-12-8-30-9-14(15(13)32-19)26(12)20-25-24-16(31-20)10-4-3-5-11(6-10)17(27)29-2/h3-6,12,14H,7-9H2,1-2H3,(H2,21,22,23,28)/t12-,14-/m0/s1. The number of thiazole rings is 1. The smallest absolute Gasteiger partial charge is 0.337 e. The fraction of sp³-hybridized carbons (Fsp3) is 0.350. The highest BCUT2D eigenvalue weighted by Crippen LogP contribution is 2.43. The zero-order chi connectivity index (χ0) is 22.2. The summed E-state index contributed by atoms with van der Waals surface area (Å²) in [5.41, 5.74) is 1.97. The molecule has 2 N–H and O–H groups in total. The summed E-state index contributed by atoms with van der Waals surface area (Å²) in [6.45, 7) is 0.946. The van der Waals surface area contributed by atoms with Crippen molar-refractivity contribution in [2.24, 2.45) is 0 Å². The van der Waals surface area contributed by atoms with E-state index >= 15 is 0 Å². The third-order valence-corrected chi connectivity index (χ3v) is 6.50. The Morgan fingerprint density at radius 2 is 2.16 bits per heavy atom. The van der Waals surface area contributed by atoms with E-state index in [9.17, 15) is 9.59 Å². The molecule has 0 aliphatic carbocycles. The topological polar surface area (TPSA) is 132 Å². The lowest BCUT2D eigenvalue weighted by Crippen LogP contribution is -2.51. The quantitative estimate of drug-likeness (QED) is 0.567. The van der Waals surface area contributed by atoms with Crippen molar-refractivity contribution in [2.45, 2.75) is 18.5 Å². The Morgan fingerprint density at radius 1 is 1.28 bits per heavy atom. The second-order valence-electron chi connectivity index (χ2n) is 7.31. The lowest BCUT2D eigenvalue weighted by Gasteiger charge is -2.43. The van der Waals surface area contributed by atoms with Crippen LogP contribution in [0.5, 0.6) is 0 Å². The molecule has 5 rings (SSSR count). The van der Waals surface area contributed by atoms with Gasteiger partial charge in [-0.25, -0.2) is 14.6 Å². The zero-order valence-corrected chi connectivity index (χ0v) is 18.1. The number of ether oxygens (including phenoxy) is 2. The Bertz CT molecular complexity index is 1180. The highest BCUT2D eigenvalue weighted by atomic mass is 32.1. The molecule has 12 heteroatoms. The lowest BCUT2D eigenvalue weighted by molar-refractivity contribution is 0.0578. The number of esters is 1. The molecule has 0 saturated carbocycles. The molecule has 11 nitrogen and oxygen atoms in total. The van der Waals surface area contributed by atoms with Crippen molar-refractivity contribution in [3.63, 3.8) is 0 Å². The largest absolute Gasteiger partial charge is 0.465 e. The van der Waals surface area contributed by atoms with E-state index in [4.69, 9.17) is 13.9 Å². The van der Waals surface area contributed by atoms with Gasteiger partial charge >= 0.3 is 18.0 Å². The van der Waals surface area contributed by atoms with Gasteiger partial charge in [-0.3, -0.25) is 5.32 Å². The van der Waals surface area contributed by atoms with Crippen LogP contribution in [0.25, 0.3) is 11.5 Å². The average molecular weight is 456 g/mol. The molecule has 2 aliphatic heterocycles. The maximum absolute atomic E-state index is 11.8. The summed E-state index contributed by atoms with van der Waals surface area (Å²) >= 11 is 1.41. The summed E-state index contributed by atoms with van der Waals surface area (Å²) in [6, 6.07) is 6.73. The van der Waals surface area contributed by atoms with E-state index in [2.05, 4.69) is 30.7 Å². The SMILES string of the molecule is CNC(=O)Nc1nc2c(s1)[C@@H]1COC[C@H](C2)N1c1nnc(-c2cccc(C(=O)OC)c2)o1. The van der Waals surface area contributed by atoms with Gasteiger partial charge in [0.25, 0.3) is 0 Å². The van der Waals surface area contributed by atoms with E-state index in [1.54, 1.807) is 31.3 Å². The Labute approximate surface area is 186 Å². The van der Waals surface area contributed by atoms with Crippen LogP contribution >= 0.6 is 11.3 Å². The minimum atomic E-state index is -0.437. The molecule has 1 aromatic carbocycles. The van der Waals surface area contributed by atoms with Crippen LogP contribution in [0.4, 0.5) is 15.9 Å². The van der Waals surface area contributed by atoms with E-state index in [1.165, 1.54) is 18.4 Å². The van der Waals surface area contributed by atoms with E-state index in [1.807, 2.05) is 0 Å². The van der Waals surface area contributed by atoms with E-state index in [0.29, 0.717) is 47.8 Å². The van der Waals surface area contributed by atoms with Crippen LogP contribution in [0.3, 0.4) is 0 Å². The van der Waals surface area contributed by atoms with Gasteiger partial charge in [0.1, 0.15) is 0 Å². The zero-order valence-electron chi connectivity index (χ0n) is 17.3. The molecule has 32 heavy (non-hydrogen) atoms. The van der Waals surface area contributed by atoms with Gasteiger partial charge in [0.05, 0.1) is 48.5 Å². The van der Waals surface area contributed by atoms with Gasteiger partial charge in [-0.15, -0.1) is 5.10 Å². The molecule has 0 unspecified atom stereocenters. The van der Waals surface area contributed by atoms with Crippen molar-refractivity contribution in [1.82, 2.24) is 20.5 Å². The summed E-state index contributed by atoms with van der Waals surface area (Å²) < 4.78 is 16.6. The molecule has 4 heterocycles. The van der Waals surface area contributed by atoms with Crippen LogP contribution in [-0.2, 0) is 15.9 Å². The number of nitrogens with one attached hydrogen (secondary N) is 2. The number of morpholine rings is 1. The predicted octanol–water partition coefficient (Wildman–Crippen LogP) is 2.23. The number of fused-ring (bicyclic) bond motifs is 4. The number of nitrogens with zero attached hydrogens (tertiary/aromatic N) is 4. The number of urea groups is 1. The lowest BCUT2D eigenvalue weighted by atomic mass is 9.97. The van der Waals surface area contributed by atoms with E-state index < -0.39 is 5.97 Å². The molecular weight excluding hydrogens is 436 g/mol. The maximum Gasteiger partial charge on any atom is 0.337 e. The van der Waals surface area contributed by atoms with Gasteiger partial charge < -0.3 is 24.1 Å². The van der Waals surface area contributed by atoms with Gasteiger partial charge in [0.2, 0.25) is 5.89 Å². The highest BCUT2D eigenvalue weighted by Gasteiger charge is 2.43. The first-order valence-electron chi connectivity index (χ1n) is 9.94. The molecule has 2 aromatic heterocycles. The summed E-state index contributed by atoms with van der Waals surface area (Å²) in [7, 11) is 2.89. The van der Waals surface area contributed by atoms with Gasteiger partial charge in [0, 0.05) is 19.0 Å². The first kappa shape index (κ1) is 20.4. The molecule has 166 valence electrons. The normalized spacial score (nSPS) is 19.2. The molecule has 1 saturated heterocycles. The molecular formula is C20H20N6O5S. The Kier molecular flexibility index (Phi) is 5.23. The molecule has 2 bridgehead atoms. The number of rotatable bonds is 4. The monoisotopic (exact) mass is 456 g/mol. The number of carbonyl (C=O) groups is 2. The van der Waals surface area contributed by atoms with Gasteiger partial charge in [-0.05, 0) is 18.2 Å². The molecule has 2 aliphatic rings. The number of anilines is 2. The second-order valence-corrected chi connectivity index (χ2v) is 8.35. The van der Waals surface area contributed by atoms with Crippen molar-refractivity contribution in [3.05, 3.63) is 40.4 Å². The van der Waals surface area contributed by atoms with Crippen LogP contribution in [0.1, 0.15) is 27.0 Å². The van der Waals surface area contributed by atoms with Crippen molar-refractivity contribution in [3.8, 4) is 11.5 Å². The average Bonchev–Trinajstić information content (AvgIpc) is 3.45. The molecule has 3 aromatic rings. The van der Waals surface area contributed by atoms with Crippen molar-refractivity contribution in [2.75, 3.05) is 37.6 Å². The number of methoxy groups -OCH3 is 1. The third kappa shape index (κ3) is 3.56. The Hall–Kier alpha value is -3.51. The molecule has 2 amide bonds. The number of carbonyl (C=O) groups excluding carboxylic acids is 2. The first-order chi connectivity index (χ1) is 15.6. The number of benzene rings is 1. The molecule has 0 radical (unpaired) electrons. The summed E-state index contributed by atoms with van der Waals surface area (Å²) in [6.07, 6.45) is 0.632. The van der Waals surface area contributed by atoms with Crippen LogP contribution in [0.15, 0.2) is 28.7 Å². The first-order valence-corrected chi connectivity index (χ1v) is 10.8. The molecule has 2 atom stereocenters. The van der Waals surface area contributed by atoms with Gasteiger partial charge in [-0.1, -0.05) is 22.5 Å². The number of hydrogen-bond donors (Lipinski definition) is 2. The van der Waals surface area contributed by atoms with Crippen LogP contribution in [0.2, 0.25) is 0 Å². The fourth-order valence-electron chi connectivity index (χ4n) is 3.92. The minimum absolute atomic E-state index is 0.0223. The molecule has 1 fully saturated rings. The van der Waals surface area contributed by atoms with Crippen molar-refractivity contribution >= 4 is 34.5 Å². The van der Waals surface area contributed by atoms with Gasteiger partial charge in [0.15, 0.2) is 5.13 Å². The fourth-order valence-corrected chi connectivity index (χ4v) is 4.99. The van der Waals surface area contributed by atoms with Crippen LogP contribution < -0.4 is 15.5 Å². The summed E-state index contributed by atoms with van der Waals surface area (Å²) in [5.74, 6) is -0.130. The number of hydrogen-bond acceptors (Lipinski definition) is 10. The van der Waals surface area contributed by atoms with E-state index in [-0.39, 0.29) is 18.1 Å². The van der Waals surface area contributed by atoms with E-state index in [0.717, 1.165) is 10.6 Å². The maximum atomic E-state index is 11.8. The predicted molar refractivity (Wildman–Crippen MR) is 115 cm³/mol. The number of amides is 2. The Balaban J connectivity index is 1.44. The summed E-state index contributed by atoms with van der Waals surface area (Å²) in [5, 5.41) is 14.3. The second kappa shape index (κ2) is 8.20. The molecule has 0 spiro atoms. The number of aromatic nitrogens is 3. The van der Waals surface area contributed by atoms with Crippen molar-refractivity contribution < 1.29 is 23.5 Å². The van der Waals surface area contributed by atoms with Crippen LogP contribution in [-0.4, -0.2) is 60.6 Å². The minimum Gasteiger partial charge on any atom is -0.465 e. The Morgan fingerprint density at radius 3 is 2.97 bits per heavy atom. The third-order valence-electron chi connectivity index (χ3n) is 5.39. The van der Waals surface area contributed by atoms with Gasteiger partial charge in [-0.2, -0.15) is 0 Å². The highest BCUT2D eigenvalue weighted by molar-refractivity contribution is 7.16.